The summed E-state index contributed by atoms with van der Waals surface area (Å²) in [6.45, 7) is 0.0101. The van der Waals surface area contributed by atoms with Crippen molar-refractivity contribution in [1.29, 1.82) is 0 Å². The van der Waals surface area contributed by atoms with Gasteiger partial charge in [0.05, 0.1) is 0 Å². The Kier molecular flexibility index (Phi) is 6.40. The van der Waals surface area contributed by atoms with Gasteiger partial charge in [-0.1, -0.05) is 48.5 Å². The van der Waals surface area contributed by atoms with Crippen molar-refractivity contribution in [2.24, 2.45) is 0 Å². The maximum absolute atomic E-state index is 12.2. The highest BCUT2D eigenvalue weighted by Gasteiger charge is 2.23. The Bertz CT molecular complexity index is 1030. The Morgan fingerprint density at radius 2 is 1.50 bits per heavy atom. The number of anilines is 1. The van der Waals surface area contributed by atoms with E-state index in [1.165, 1.54) is 34.6 Å². The first kappa shape index (κ1) is 20.1. The fourth-order valence-corrected chi connectivity index (χ4v) is 4.08. The normalized spacial score (nSPS) is 18.3. The molecule has 0 saturated carbocycles. The van der Waals surface area contributed by atoms with Crippen LogP contribution in [0.5, 0.6) is 0 Å². The molecule has 1 aliphatic heterocycles. The maximum atomic E-state index is 12.2. The van der Waals surface area contributed by atoms with Crippen LogP contribution < -0.4 is 16.2 Å². The SMILES string of the molecule is O=C(Cn1ccccc1=O)Nc1ccc(C[C@@H]2CC[C@H](Cc3ccccc3)N2)cc1. The minimum absolute atomic E-state index is 0.0101. The van der Waals surface area contributed by atoms with Crippen LogP contribution in [-0.4, -0.2) is 22.6 Å². The van der Waals surface area contributed by atoms with Crippen LogP contribution in [0.2, 0.25) is 0 Å². The highest BCUT2D eigenvalue weighted by Crippen LogP contribution is 2.20. The van der Waals surface area contributed by atoms with Gasteiger partial charge in [-0.15, -0.1) is 0 Å². The monoisotopic (exact) mass is 401 g/mol. The molecular weight excluding hydrogens is 374 g/mol. The van der Waals surface area contributed by atoms with E-state index >= 15 is 0 Å². The molecule has 0 spiro atoms. The molecule has 2 N–H and O–H groups in total. The molecule has 1 aromatic heterocycles. The summed E-state index contributed by atoms with van der Waals surface area (Å²) in [6.07, 6.45) is 6.06. The molecule has 2 heterocycles. The van der Waals surface area contributed by atoms with Gasteiger partial charge in [0, 0.05) is 30.0 Å². The summed E-state index contributed by atoms with van der Waals surface area (Å²) >= 11 is 0. The molecule has 5 heteroatoms. The second-order valence-electron chi connectivity index (χ2n) is 7.94. The summed E-state index contributed by atoms with van der Waals surface area (Å²) in [5, 5.41) is 6.62. The smallest absolute Gasteiger partial charge is 0.250 e. The third-order valence-corrected chi connectivity index (χ3v) is 5.59. The molecule has 1 fully saturated rings. The summed E-state index contributed by atoms with van der Waals surface area (Å²) in [5.74, 6) is -0.211. The number of amides is 1. The molecule has 5 nitrogen and oxygen atoms in total. The molecule has 2 aromatic carbocycles. The van der Waals surface area contributed by atoms with E-state index in [9.17, 15) is 9.59 Å². The molecule has 1 aliphatic rings. The van der Waals surface area contributed by atoms with Gasteiger partial charge in [0.1, 0.15) is 6.54 Å². The first-order valence-electron chi connectivity index (χ1n) is 10.5. The number of hydrogen-bond acceptors (Lipinski definition) is 3. The van der Waals surface area contributed by atoms with Gasteiger partial charge in [0.2, 0.25) is 5.91 Å². The molecule has 0 bridgehead atoms. The van der Waals surface area contributed by atoms with Crippen molar-refractivity contribution in [2.75, 3.05) is 5.32 Å². The van der Waals surface area contributed by atoms with Crippen LogP contribution in [0.25, 0.3) is 0 Å². The van der Waals surface area contributed by atoms with Crippen molar-refractivity contribution in [3.8, 4) is 0 Å². The second-order valence-corrected chi connectivity index (χ2v) is 7.94. The zero-order chi connectivity index (χ0) is 20.8. The highest BCUT2D eigenvalue weighted by molar-refractivity contribution is 5.90. The van der Waals surface area contributed by atoms with Gasteiger partial charge < -0.3 is 15.2 Å². The summed E-state index contributed by atoms with van der Waals surface area (Å²) in [6, 6.07) is 24.5. The van der Waals surface area contributed by atoms with E-state index in [-0.39, 0.29) is 18.0 Å². The summed E-state index contributed by atoms with van der Waals surface area (Å²) in [7, 11) is 0. The largest absolute Gasteiger partial charge is 0.325 e. The lowest BCUT2D eigenvalue weighted by molar-refractivity contribution is -0.116. The summed E-state index contributed by atoms with van der Waals surface area (Å²) < 4.78 is 1.39. The third kappa shape index (κ3) is 5.45. The van der Waals surface area contributed by atoms with Crippen molar-refractivity contribution >= 4 is 11.6 Å². The lowest BCUT2D eigenvalue weighted by atomic mass is 10.0. The van der Waals surface area contributed by atoms with Crippen molar-refractivity contribution in [3.63, 3.8) is 0 Å². The minimum atomic E-state index is -0.211. The van der Waals surface area contributed by atoms with Gasteiger partial charge >= 0.3 is 0 Å². The van der Waals surface area contributed by atoms with Gasteiger partial charge in [-0.2, -0.15) is 0 Å². The van der Waals surface area contributed by atoms with Gasteiger partial charge in [-0.25, -0.2) is 0 Å². The number of carbonyl (C=O) groups is 1. The zero-order valence-corrected chi connectivity index (χ0v) is 17.0. The molecule has 2 atom stereocenters. The van der Waals surface area contributed by atoms with Crippen molar-refractivity contribution in [2.45, 2.75) is 44.3 Å². The van der Waals surface area contributed by atoms with E-state index in [0.717, 1.165) is 18.5 Å². The molecule has 154 valence electrons. The summed E-state index contributed by atoms with van der Waals surface area (Å²) in [4.78, 5) is 23.9. The number of aromatic nitrogens is 1. The van der Waals surface area contributed by atoms with Crippen LogP contribution in [0.3, 0.4) is 0 Å². The van der Waals surface area contributed by atoms with Crippen molar-refractivity contribution < 1.29 is 4.79 Å². The third-order valence-electron chi connectivity index (χ3n) is 5.59. The van der Waals surface area contributed by atoms with Gasteiger partial charge in [0.25, 0.3) is 5.56 Å². The number of nitrogens with one attached hydrogen (secondary N) is 2. The topological polar surface area (TPSA) is 63.1 Å². The lowest BCUT2D eigenvalue weighted by Crippen LogP contribution is -2.32. The Hall–Kier alpha value is -3.18. The molecule has 0 radical (unpaired) electrons. The van der Waals surface area contributed by atoms with E-state index in [2.05, 4.69) is 53.1 Å². The van der Waals surface area contributed by atoms with E-state index in [0.29, 0.717) is 12.1 Å². The number of carbonyl (C=O) groups excluding carboxylic acids is 1. The number of benzene rings is 2. The minimum Gasteiger partial charge on any atom is -0.325 e. The molecule has 3 aromatic rings. The van der Waals surface area contributed by atoms with Crippen LogP contribution in [-0.2, 0) is 24.2 Å². The quantitative estimate of drug-likeness (QED) is 0.638. The van der Waals surface area contributed by atoms with Gasteiger partial charge in [-0.05, 0) is 55.0 Å². The number of rotatable bonds is 7. The van der Waals surface area contributed by atoms with Crippen LogP contribution >= 0.6 is 0 Å². The van der Waals surface area contributed by atoms with E-state index in [1.807, 2.05) is 12.1 Å². The Labute approximate surface area is 176 Å². The molecule has 30 heavy (non-hydrogen) atoms. The Morgan fingerprint density at radius 1 is 0.867 bits per heavy atom. The average molecular weight is 402 g/mol. The molecule has 4 rings (SSSR count). The predicted molar refractivity (Wildman–Crippen MR) is 120 cm³/mol. The predicted octanol–water partition coefficient (Wildman–Crippen LogP) is 3.39. The first-order valence-corrected chi connectivity index (χ1v) is 10.5. The molecule has 0 aliphatic carbocycles. The lowest BCUT2D eigenvalue weighted by Gasteiger charge is -2.15. The Balaban J connectivity index is 1.26. The van der Waals surface area contributed by atoms with E-state index < -0.39 is 0 Å². The zero-order valence-electron chi connectivity index (χ0n) is 17.0. The highest BCUT2D eigenvalue weighted by atomic mass is 16.2. The number of nitrogens with zero attached hydrogens (tertiary/aromatic N) is 1. The molecule has 1 amide bonds. The maximum Gasteiger partial charge on any atom is 0.250 e. The van der Waals surface area contributed by atoms with Gasteiger partial charge in [-0.3, -0.25) is 9.59 Å². The molecular formula is C25H27N3O2. The summed E-state index contributed by atoms with van der Waals surface area (Å²) in [5.41, 5.74) is 3.20. The second kappa shape index (κ2) is 9.55. The van der Waals surface area contributed by atoms with Crippen LogP contribution in [0, 0.1) is 0 Å². The fourth-order valence-electron chi connectivity index (χ4n) is 4.08. The average Bonchev–Trinajstić information content (AvgIpc) is 3.18. The molecule has 0 unspecified atom stereocenters. The van der Waals surface area contributed by atoms with E-state index in [1.54, 1.807) is 18.3 Å². The van der Waals surface area contributed by atoms with Crippen molar-refractivity contribution in [3.05, 3.63) is 100 Å². The first-order chi connectivity index (χ1) is 14.7. The van der Waals surface area contributed by atoms with E-state index in [4.69, 9.17) is 0 Å². The van der Waals surface area contributed by atoms with Crippen molar-refractivity contribution in [1.82, 2.24) is 9.88 Å². The van der Waals surface area contributed by atoms with Crippen LogP contribution in [0.15, 0.2) is 83.8 Å². The van der Waals surface area contributed by atoms with Crippen LogP contribution in [0.4, 0.5) is 5.69 Å². The molecule has 1 saturated heterocycles. The van der Waals surface area contributed by atoms with Crippen LogP contribution in [0.1, 0.15) is 24.0 Å². The number of hydrogen-bond donors (Lipinski definition) is 2. The fraction of sp³-hybridized carbons (Fsp3) is 0.280. The number of pyridine rings is 1. The Morgan fingerprint density at radius 3 is 2.17 bits per heavy atom. The van der Waals surface area contributed by atoms with Gasteiger partial charge in [0.15, 0.2) is 0 Å². The standard InChI is InChI=1S/C25H27N3O2/c29-24(18-28-15-5-4-8-25(28)30)27-21-11-9-20(10-12-21)17-23-14-13-22(26-23)16-19-6-2-1-3-7-19/h1-12,15,22-23,26H,13-14,16-18H2,(H,27,29)/t22-,23+/m1/s1.